The topological polar surface area (TPSA) is 79.5 Å². The van der Waals surface area contributed by atoms with Crippen LogP contribution in [0.3, 0.4) is 0 Å². The zero-order valence-corrected chi connectivity index (χ0v) is 17.3. The van der Waals surface area contributed by atoms with Crippen LogP contribution in [0.1, 0.15) is 57.3 Å². The molecule has 3 aromatic rings. The van der Waals surface area contributed by atoms with Gasteiger partial charge in [-0.05, 0) is 44.4 Å². The first-order valence-corrected chi connectivity index (χ1v) is 10.6. The minimum absolute atomic E-state index is 0.0623. The molecular formula is C23H23FN4O3. The van der Waals surface area contributed by atoms with Crippen LogP contribution in [0.5, 0.6) is 0 Å². The molecule has 0 N–H and O–H groups in total. The van der Waals surface area contributed by atoms with E-state index < -0.39 is 5.82 Å². The summed E-state index contributed by atoms with van der Waals surface area (Å²) in [5, 5.41) is 4.65. The third-order valence-corrected chi connectivity index (χ3v) is 6.04. The van der Waals surface area contributed by atoms with E-state index in [-0.39, 0.29) is 17.4 Å². The summed E-state index contributed by atoms with van der Waals surface area (Å²) >= 11 is 0. The van der Waals surface area contributed by atoms with Gasteiger partial charge < -0.3 is 14.3 Å². The SMILES string of the molecule is Cc1noc2nc(C3CC3)cc(C(=O)N3CCCN(C(=O)c4ccccc4F)CC3)c12. The van der Waals surface area contributed by atoms with Gasteiger partial charge in [0.25, 0.3) is 17.5 Å². The fraction of sp³-hybridized carbons (Fsp3) is 0.391. The lowest BCUT2D eigenvalue weighted by Crippen LogP contribution is -2.37. The van der Waals surface area contributed by atoms with Crippen LogP contribution in [0, 0.1) is 12.7 Å². The highest BCUT2D eigenvalue weighted by Gasteiger charge is 2.31. The average molecular weight is 422 g/mol. The Morgan fingerprint density at radius 3 is 2.39 bits per heavy atom. The Bertz CT molecular complexity index is 1170. The standard InChI is InChI=1S/C23H23FN4O3/c1-14-20-17(13-19(15-7-8-15)25-21(20)31-26-14)23(30)28-10-4-9-27(11-12-28)22(29)16-5-2-3-6-18(16)24/h2-3,5-6,13,15H,4,7-12H2,1H3. The van der Waals surface area contributed by atoms with Crippen LogP contribution in [-0.4, -0.2) is 57.9 Å². The maximum Gasteiger partial charge on any atom is 0.259 e. The summed E-state index contributed by atoms with van der Waals surface area (Å²) in [7, 11) is 0. The molecule has 0 spiro atoms. The molecule has 2 aliphatic rings. The van der Waals surface area contributed by atoms with Crippen LogP contribution in [-0.2, 0) is 0 Å². The van der Waals surface area contributed by atoms with Gasteiger partial charge in [-0.1, -0.05) is 17.3 Å². The van der Waals surface area contributed by atoms with Crippen molar-refractivity contribution in [2.24, 2.45) is 0 Å². The average Bonchev–Trinajstić information content (AvgIpc) is 3.59. The summed E-state index contributed by atoms with van der Waals surface area (Å²) in [4.78, 5) is 34.2. The number of hydrogen-bond donors (Lipinski definition) is 0. The molecule has 1 aliphatic heterocycles. The van der Waals surface area contributed by atoms with Crippen molar-refractivity contribution in [1.29, 1.82) is 0 Å². The van der Waals surface area contributed by atoms with Crippen molar-refractivity contribution in [2.45, 2.75) is 32.1 Å². The number of halogens is 1. The summed E-state index contributed by atoms with van der Waals surface area (Å²) in [5.74, 6) is -0.607. The fourth-order valence-corrected chi connectivity index (χ4v) is 4.17. The fourth-order valence-electron chi connectivity index (χ4n) is 4.17. The first kappa shape index (κ1) is 19.7. The highest BCUT2D eigenvalue weighted by molar-refractivity contribution is 6.06. The summed E-state index contributed by atoms with van der Waals surface area (Å²) in [6.07, 6.45) is 2.75. The van der Waals surface area contributed by atoms with Gasteiger partial charge in [0.2, 0.25) is 0 Å². The summed E-state index contributed by atoms with van der Waals surface area (Å²) in [5.41, 5.74) is 2.53. The highest BCUT2D eigenvalue weighted by Crippen LogP contribution is 2.40. The van der Waals surface area contributed by atoms with Crippen LogP contribution < -0.4 is 0 Å². The molecule has 2 aromatic heterocycles. The molecule has 0 unspecified atom stereocenters. The van der Waals surface area contributed by atoms with E-state index in [1.807, 2.05) is 6.07 Å². The van der Waals surface area contributed by atoms with Crippen LogP contribution in [0.25, 0.3) is 11.1 Å². The van der Waals surface area contributed by atoms with Crippen LogP contribution >= 0.6 is 0 Å². The lowest BCUT2D eigenvalue weighted by atomic mass is 10.1. The smallest absolute Gasteiger partial charge is 0.259 e. The summed E-state index contributed by atoms with van der Waals surface area (Å²) in [6.45, 7) is 3.53. The Kier molecular flexibility index (Phi) is 4.92. The molecule has 7 nitrogen and oxygen atoms in total. The molecule has 1 saturated heterocycles. The molecule has 2 amide bonds. The van der Waals surface area contributed by atoms with Crippen molar-refractivity contribution in [3.8, 4) is 0 Å². The number of aromatic nitrogens is 2. The minimum atomic E-state index is -0.528. The zero-order valence-electron chi connectivity index (χ0n) is 17.3. The second-order valence-corrected chi connectivity index (χ2v) is 8.23. The second-order valence-electron chi connectivity index (χ2n) is 8.23. The molecule has 0 atom stereocenters. The molecule has 1 aliphatic carbocycles. The summed E-state index contributed by atoms with van der Waals surface area (Å²) in [6, 6.07) is 7.87. The van der Waals surface area contributed by atoms with Crippen LogP contribution in [0.15, 0.2) is 34.9 Å². The van der Waals surface area contributed by atoms with E-state index in [9.17, 15) is 14.0 Å². The van der Waals surface area contributed by atoms with Crippen molar-refractivity contribution < 1.29 is 18.5 Å². The maximum absolute atomic E-state index is 14.1. The lowest BCUT2D eigenvalue weighted by molar-refractivity contribution is 0.0717. The van der Waals surface area contributed by atoms with E-state index >= 15 is 0 Å². The predicted molar refractivity (Wildman–Crippen MR) is 111 cm³/mol. The van der Waals surface area contributed by atoms with Gasteiger partial charge in [0.05, 0.1) is 22.2 Å². The van der Waals surface area contributed by atoms with Crippen molar-refractivity contribution in [3.63, 3.8) is 0 Å². The van der Waals surface area contributed by atoms with Gasteiger partial charge in [-0.2, -0.15) is 0 Å². The Hall–Kier alpha value is -3.29. The molecule has 2 fully saturated rings. The van der Waals surface area contributed by atoms with Crippen molar-refractivity contribution in [2.75, 3.05) is 26.2 Å². The Morgan fingerprint density at radius 2 is 1.71 bits per heavy atom. The molecule has 160 valence electrons. The second kappa shape index (κ2) is 7.76. The number of pyridine rings is 1. The van der Waals surface area contributed by atoms with E-state index in [0.717, 1.165) is 18.5 Å². The Morgan fingerprint density at radius 1 is 1.03 bits per heavy atom. The molecular weight excluding hydrogens is 399 g/mol. The van der Waals surface area contributed by atoms with Crippen LogP contribution in [0.4, 0.5) is 4.39 Å². The highest BCUT2D eigenvalue weighted by atomic mass is 19.1. The zero-order chi connectivity index (χ0) is 21.5. The van der Waals surface area contributed by atoms with E-state index in [4.69, 9.17) is 4.52 Å². The number of aryl methyl sites for hydroxylation is 1. The number of benzene rings is 1. The van der Waals surface area contributed by atoms with Gasteiger partial charge in [0, 0.05) is 37.8 Å². The first-order valence-electron chi connectivity index (χ1n) is 10.6. The molecule has 0 bridgehead atoms. The van der Waals surface area contributed by atoms with Crippen molar-refractivity contribution in [1.82, 2.24) is 19.9 Å². The predicted octanol–water partition coefficient (Wildman–Crippen LogP) is 3.54. The van der Waals surface area contributed by atoms with Gasteiger partial charge in [-0.25, -0.2) is 9.37 Å². The largest absolute Gasteiger partial charge is 0.337 e. The third-order valence-electron chi connectivity index (χ3n) is 6.04. The number of rotatable bonds is 3. The molecule has 0 radical (unpaired) electrons. The number of carbonyl (C=O) groups is 2. The molecule has 3 heterocycles. The molecule has 8 heteroatoms. The minimum Gasteiger partial charge on any atom is -0.337 e. The molecule has 5 rings (SSSR count). The van der Waals surface area contributed by atoms with Gasteiger partial charge in [0.15, 0.2) is 0 Å². The Labute approximate surface area is 178 Å². The van der Waals surface area contributed by atoms with E-state index in [2.05, 4.69) is 10.1 Å². The number of hydrogen-bond acceptors (Lipinski definition) is 5. The monoisotopic (exact) mass is 422 g/mol. The molecule has 31 heavy (non-hydrogen) atoms. The van der Waals surface area contributed by atoms with Crippen molar-refractivity contribution >= 4 is 22.9 Å². The maximum atomic E-state index is 14.1. The van der Waals surface area contributed by atoms with E-state index in [0.29, 0.717) is 60.9 Å². The number of amides is 2. The normalized spacial score (nSPS) is 17.1. The molecule has 1 aromatic carbocycles. The third kappa shape index (κ3) is 3.66. The van der Waals surface area contributed by atoms with Crippen LogP contribution in [0.2, 0.25) is 0 Å². The van der Waals surface area contributed by atoms with Gasteiger partial charge in [-0.3, -0.25) is 9.59 Å². The van der Waals surface area contributed by atoms with Gasteiger partial charge in [0.1, 0.15) is 5.82 Å². The summed E-state index contributed by atoms with van der Waals surface area (Å²) < 4.78 is 19.4. The van der Waals surface area contributed by atoms with Gasteiger partial charge in [-0.15, -0.1) is 0 Å². The number of nitrogens with zero attached hydrogens (tertiary/aromatic N) is 4. The number of carbonyl (C=O) groups excluding carboxylic acids is 2. The quantitative estimate of drug-likeness (QED) is 0.645. The molecule has 1 saturated carbocycles. The Balaban J connectivity index is 1.38. The van der Waals surface area contributed by atoms with Crippen molar-refractivity contribution in [3.05, 3.63) is 58.7 Å². The van der Waals surface area contributed by atoms with Gasteiger partial charge >= 0.3 is 0 Å². The van der Waals surface area contributed by atoms with E-state index in [1.165, 1.54) is 12.1 Å². The van der Waals surface area contributed by atoms with E-state index in [1.54, 1.807) is 28.9 Å². The number of fused-ring (bicyclic) bond motifs is 1. The lowest BCUT2D eigenvalue weighted by Gasteiger charge is -2.23. The first-order chi connectivity index (χ1) is 15.0.